The molecule has 0 fully saturated rings. The van der Waals surface area contributed by atoms with E-state index >= 15 is 0 Å². The van der Waals surface area contributed by atoms with E-state index in [1.807, 2.05) is 0 Å². The molecular weight excluding hydrogens is 392 g/mol. The maximum atomic E-state index is 3.54. The summed E-state index contributed by atoms with van der Waals surface area (Å²) in [6.45, 7) is 4.26. The molecule has 0 heterocycles. The molecule has 136 valence electrons. The summed E-state index contributed by atoms with van der Waals surface area (Å²) in [5, 5.41) is 0.831. The molecule has 3 aromatic rings. The van der Waals surface area contributed by atoms with Crippen molar-refractivity contribution in [3.05, 3.63) is 131 Å². The van der Waals surface area contributed by atoms with E-state index in [4.69, 9.17) is 0 Å². The Bertz CT molecular complexity index is 864. The lowest BCUT2D eigenvalue weighted by molar-refractivity contribution is 0.741. The highest BCUT2D eigenvalue weighted by atomic mass is 79.9. The van der Waals surface area contributed by atoms with E-state index in [0.29, 0.717) is 0 Å². The zero-order valence-corrected chi connectivity index (χ0v) is 17.5. The van der Waals surface area contributed by atoms with Crippen molar-refractivity contribution < 1.29 is 0 Å². The molecule has 27 heavy (non-hydrogen) atoms. The highest BCUT2D eigenvalue weighted by molar-refractivity contribution is 9.09. The largest absolute Gasteiger partial charge is 0.0883 e. The van der Waals surface area contributed by atoms with E-state index in [9.17, 15) is 0 Å². The molecule has 0 aliphatic rings. The Morgan fingerprint density at radius 3 is 1.70 bits per heavy atom. The van der Waals surface area contributed by atoms with Crippen molar-refractivity contribution in [3.8, 4) is 0 Å². The summed E-state index contributed by atoms with van der Waals surface area (Å²) < 4.78 is 0. The molecule has 1 heteroatoms. The minimum Gasteiger partial charge on any atom is -0.0883 e. The van der Waals surface area contributed by atoms with Crippen LogP contribution < -0.4 is 0 Å². The molecule has 0 aromatic heterocycles. The van der Waals surface area contributed by atoms with Crippen LogP contribution in [0.3, 0.4) is 0 Å². The van der Waals surface area contributed by atoms with Gasteiger partial charge in [-0.1, -0.05) is 125 Å². The number of rotatable bonds is 6. The van der Waals surface area contributed by atoms with Gasteiger partial charge in [-0.25, -0.2) is 0 Å². The monoisotopic (exact) mass is 416 g/mol. The van der Waals surface area contributed by atoms with Crippen LogP contribution in [0.4, 0.5) is 0 Å². The average molecular weight is 417 g/mol. The van der Waals surface area contributed by atoms with Gasteiger partial charge in [-0.2, -0.15) is 0 Å². The van der Waals surface area contributed by atoms with E-state index in [0.717, 1.165) is 5.33 Å². The van der Waals surface area contributed by atoms with Crippen LogP contribution in [0.5, 0.6) is 0 Å². The van der Waals surface area contributed by atoms with Crippen LogP contribution in [0, 0.1) is 6.92 Å². The summed E-state index contributed by atoms with van der Waals surface area (Å²) in [6.07, 6.45) is 6.65. The van der Waals surface area contributed by atoms with Crippen molar-refractivity contribution in [1.82, 2.24) is 0 Å². The minimum absolute atomic E-state index is 0.357. The Labute approximate surface area is 171 Å². The molecule has 0 saturated carbocycles. The number of aryl methyl sites for hydroxylation is 1. The molecule has 0 spiro atoms. The first-order valence-electron chi connectivity index (χ1n) is 9.31. The normalized spacial score (nSPS) is 12.5. The Balaban J connectivity index is 2.41. The summed E-state index contributed by atoms with van der Waals surface area (Å²) in [5.74, 6) is 0. The molecule has 0 amide bonds. The van der Waals surface area contributed by atoms with Crippen molar-refractivity contribution in [2.75, 3.05) is 5.33 Å². The van der Waals surface area contributed by atoms with E-state index in [-0.39, 0.29) is 5.41 Å². The second-order valence-corrected chi connectivity index (χ2v) is 7.30. The van der Waals surface area contributed by atoms with Crippen LogP contribution in [0.25, 0.3) is 0 Å². The van der Waals surface area contributed by atoms with Gasteiger partial charge in [0, 0.05) is 5.33 Å². The number of alkyl halides is 1. The van der Waals surface area contributed by atoms with Gasteiger partial charge in [-0.05, 0) is 36.1 Å². The Hall–Kier alpha value is -2.38. The lowest BCUT2D eigenvalue weighted by Crippen LogP contribution is -2.31. The number of hydrogen-bond acceptors (Lipinski definition) is 0. The summed E-state index contributed by atoms with van der Waals surface area (Å²) in [4.78, 5) is 0. The smallest absolute Gasteiger partial charge is 0.0698 e. The fraction of sp³-hybridized carbons (Fsp3) is 0.154. The topological polar surface area (TPSA) is 0 Å². The summed E-state index contributed by atoms with van der Waals surface area (Å²) >= 11 is 3.54. The van der Waals surface area contributed by atoms with Crippen LogP contribution >= 0.6 is 15.9 Å². The zero-order chi connectivity index (χ0) is 19.1. The van der Waals surface area contributed by atoms with Crippen LogP contribution in [0.2, 0.25) is 0 Å². The summed E-state index contributed by atoms with van der Waals surface area (Å²) in [6, 6.07) is 30.6. The van der Waals surface area contributed by atoms with Gasteiger partial charge < -0.3 is 0 Å². The SMILES string of the molecule is C/C=C(\C=C/CBr)C(c1ccccc1)(c1ccccc1)c1ccc(C)cc1. The molecule has 3 rings (SSSR count). The molecule has 0 bridgehead atoms. The molecule has 0 N–H and O–H groups in total. The van der Waals surface area contributed by atoms with Gasteiger partial charge in [0.2, 0.25) is 0 Å². The number of hydrogen-bond donors (Lipinski definition) is 0. The first kappa shape index (κ1) is 19.4. The van der Waals surface area contributed by atoms with Crippen molar-refractivity contribution in [2.24, 2.45) is 0 Å². The van der Waals surface area contributed by atoms with Crippen LogP contribution in [-0.2, 0) is 5.41 Å². The maximum absolute atomic E-state index is 3.54. The van der Waals surface area contributed by atoms with Gasteiger partial charge in [0.25, 0.3) is 0 Å². The second kappa shape index (κ2) is 9.01. The number of halogens is 1. The molecule has 0 radical (unpaired) electrons. The molecule has 0 nitrogen and oxygen atoms in total. The van der Waals surface area contributed by atoms with E-state index in [1.54, 1.807) is 0 Å². The number of benzene rings is 3. The fourth-order valence-corrected chi connectivity index (χ4v) is 3.98. The van der Waals surface area contributed by atoms with Crippen molar-refractivity contribution in [2.45, 2.75) is 19.3 Å². The molecule has 0 atom stereocenters. The maximum Gasteiger partial charge on any atom is 0.0698 e. The zero-order valence-electron chi connectivity index (χ0n) is 15.9. The van der Waals surface area contributed by atoms with Crippen LogP contribution in [0.1, 0.15) is 29.2 Å². The molecule has 0 saturated heterocycles. The Kier molecular flexibility index (Phi) is 6.47. The van der Waals surface area contributed by atoms with E-state index in [2.05, 4.69) is 133 Å². The highest BCUT2D eigenvalue weighted by Gasteiger charge is 2.38. The van der Waals surface area contributed by atoms with Crippen molar-refractivity contribution in [1.29, 1.82) is 0 Å². The van der Waals surface area contributed by atoms with Gasteiger partial charge in [0.15, 0.2) is 0 Å². The Morgan fingerprint density at radius 2 is 1.26 bits per heavy atom. The van der Waals surface area contributed by atoms with E-state index in [1.165, 1.54) is 27.8 Å². The van der Waals surface area contributed by atoms with Gasteiger partial charge >= 0.3 is 0 Å². The predicted molar refractivity (Wildman–Crippen MR) is 121 cm³/mol. The molecule has 0 aliphatic heterocycles. The van der Waals surface area contributed by atoms with Gasteiger partial charge in [0.05, 0.1) is 5.41 Å². The third-order valence-corrected chi connectivity index (χ3v) is 5.40. The standard InChI is InChI=1S/C26H25Br/c1-3-22(15-10-20-27)26(23-11-6-4-7-12-23,24-13-8-5-9-14-24)25-18-16-21(2)17-19-25/h3-19H,20H2,1-2H3/b15-10-,22-3+. The number of allylic oxidation sites excluding steroid dienone is 4. The Morgan fingerprint density at radius 1 is 0.778 bits per heavy atom. The fourth-order valence-electron chi connectivity index (χ4n) is 3.79. The second-order valence-electron chi connectivity index (χ2n) is 6.65. The van der Waals surface area contributed by atoms with Gasteiger partial charge in [0.1, 0.15) is 0 Å². The quantitative estimate of drug-likeness (QED) is 0.226. The summed E-state index contributed by atoms with van der Waals surface area (Å²) in [5.41, 5.74) is 6.00. The van der Waals surface area contributed by atoms with Crippen LogP contribution in [0.15, 0.2) is 109 Å². The van der Waals surface area contributed by atoms with Gasteiger partial charge in [-0.3, -0.25) is 0 Å². The highest BCUT2D eigenvalue weighted by Crippen LogP contribution is 2.45. The van der Waals surface area contributed by atoms with Crippen molar-refractivity contribution >= 4 is 15.9 Å². The third-order valence-electron chi connectivity index (χ3n) is 5.03. The third kappa shape index (κ3) is 3.84. The predicted octanol–water partition coefficient (Wildman–Crippen LogP) is 7.23. The first-order chi connectivity index (χ1) is 13.2. The lowest BCUT2D eigenvalue weighted by Gasteiger charge is -2.37. The van der Waals surface area contributed by atoms with E-state index < -0.39 is 0 Å². The van der Waals surface area contributed by atoms with Gasteiger partial charge in [-0.15, -0.1) is 0 Å². The molecule has 0 aliphatic carbocycles. The average Bonchev–Trinajstić information content (AvgIpc) is 2.73. The molecular formula is C26H25Br. The minimum atomic E-state index is -0.357. The lowest BCUT2D eigenvalue weighted by atomic mass is 9.64. The molecule has 3 aromatic carbocycles. The molecule has 0 unspecified atom stereocenters. The summed E-state index contributed by atoms with van der Waals surface area (Å²) in [7, 11) is 0. The first-order valence-corrected chi connectivity index (χ1v) is 10.4. The van der Waals surface area contributed by atoms with Crippen molar-refractivity contribution in [3.63, 3.8) is 0 Å². The van der Waals surface area contributed by atoms with Crippen LogP contribution in [-0.4, -0.2) is 5.33 Å².